The molecule has 0 fully saturated rings. The maximum Gasteiger partial charge on any atom is 0.0545 e. The summed E-state index contributed by atoms with van der Waals surface area (Å²) in [4.78, 5) is 2.43. The Morgan fingerprint density at radius 2 is 1.14 bits per heavy atom. The molecule has 2 heteroatoms. The lowest BCUT2D eigenvalue weighted by Gasteiger charge is -2.42. The summed E-state index contributed by atoms with van der Waals surface area (Å²) in [6.45, 7) is 4.75. The van der Waals surface area contributed by atoms with Crippen LogP contribution in [0, 0.1) is 0 Å². The summed E-state index contributed by atoms with van der Waals surface area (Å²) in [6.07, 6.45) is 0. The van der Waals surface area contributed by atoms with Crippen LogP contribution in [0.2, 0.25) is 0 Å². The fourth-order valence-corrected chi connectivity index (χ4v) is 6.04. The quantitative estimate of drug-likeness (QED) is 0.256. The molecule has 0 saturated carbocycles. The Morgan fingerprint density at radius 1 is 0.514 bits per heavy atom. The summed E-state index contributed by atoms with van der Waals surface area (Å²) < 4.78 is 2.41. The van der Waals surface area contributed by atoms with Crippen LogP contribution < -0.4 is 4.90 Å². The highest BCUT2D eigenvalue weighted by atomic mass is 15.2. The van der Waals surface area contributed by atoms with Gasteiger partial charge >= 0.3 is 0 Å². The Labute approximate surface area is 205 Å². The standard InChI is InChI=1S/C33H26N2/c1-33(2)26-18-10-12-20-28(26)35(24-15-7-4-8-16-24)30-22-21-29-31(32(30)33)25-17-9-11-19-27(25)34(29)23-13-5-3-6-14-23/h3-22H,1-2H3. The Morgan fingerprint density at radius 3 is 1.91 bits per heavy atom. The third-order valence-corrected chi connectivity index (χ3v) is 7.53. The molecule has 1 aliphatic rings. The molecule has 35 heavy (non-hydrogen) atoms. The van der Waals surface area contributed by atoms with Crippen LogP contribution in [0.3, 0.4) is 0 Å². The molecule has 0 amide bonds. The van der Waals surface area contributed by atoms with Gasteiger partial charge in [-0.2, -0.15) is 0 Å². The lowest BCUT2D eigenvalue weighted by molar-refractivity contribution is 0.638. The second kappa shape index (κ2) is 7.35. The van der Waals surface area contributed by atoms with Crippen molar-refractivity contribution >= 4 is 38.9 Å². The minimum absolute atomic E-state index is 0.164. The van der Waals surface area contributed by atoms with E-state index in [0.29, 0.717) is 0 Å². The molecule has 7 rings (SSSR count). The van der Waals surface area contributed by atoms with Crippen molar-refractivity contribution in [1.29, 1.82) is 0 Å². The van der Waals surface area contributed by atoms with Gasteiger partial charge in [0.25, 0.3) is 0 Å². The van der Waals surface area contributed by atoms with Crippen molar-refractivity contribution in [3.63, 3.8) is 0 Å². The highest BCUT2D eigenvalue weighted by molar-refractivity contribution is 6.14. The normalized spacial score (nSPS) is 14.2. The highest BCUT2D eigenvalue weighted by Gasteiger charge is 2.39. The van der Waals surface area contributed by atoms with Crippen LogP contribution in [0.1, 0.15) is 25.0 Å². The fraction of sp³-hybridized carbons (Fsp3) is 0.0909. The molecule has 5 aromatic carbocycles. The summed E-state index contributed by atoms with van der Waals surface area (Å²) in [5.41, 5.74) is 9.92. The van der Waals surface area contributed by atoms with E-state index in [1.807, 2.05) is 0 Å². The summed E-state index contributed by atoms with van der Waals surface area (Å²) in [7, 11) is 0. The summed E-state index contributed by atoms with van der Waals surface area (Å²) in [5, 5.41) is 2.63. The molecule has 0 N–H and O–H groups in total. The molecule has 6 aromatic rings. The zero-order valence-electron chi connectivity index (χ0n) is 19.9. The maximum absolute atomic E-state index is 2.43. The predicted octanol–water partition coefficient (Wildman–Crippen LogP) is 8.89. The van der Waals surface area contributed by atoms with Gasteiger partial charge in [-0.15, -0.1) is 0 Å². The van der Waals surface area contributed by atoms with E-state index < -0.39 is 0 Å². The molecular weight excluding hydrogens is 424 g/mol. The van der Waals surface area contributed by atoms with Crippen LogP contribution in [-0.4, -0.2) is 4.57 Å². The van der Waals surface area contributed by atoms with Gasteiger partial charge in [-0.25, -0.2) is 0 Å². The SMILES string of the molecule is CC1(C)c2ccccc2N(c2ccccc2)c2ccc3c(c21)c1ccccc1n3-c1ccccc1. The molecule has 0 aliphatic carbocycles. The molecule has 0 spiro atoms. The largest absolute Gasteiger partial charge is 0.310 e. The van der Waals surface area contributed by atoms with Gasteiger partial charge in [-0.05, 0) is 59.7 Å². The van der Waals surface area contributed by atoms with Crippen molar-refractivity contribution in [3.8, 4) is 5.69 Å². The third kappa shape index (κ3) is 2.77. The molecule has 0 atom stereocenters. The van der Waals surface area contributed by atoms with Gasteiger partial charge in [0.05, 0.1) is 22.4 Å². The number of rotatable bonds is 2. The minimum atomic E-state index is -0.164. The van der Waals surface area contributed by atoms with Crippen molar-refractivity contribution in [3.05, 3.63) is 132 Å². The lowest BCUT2D eigenvalue weighted by atomic mass is 9.72. The molecule has 2 heterocycles. The molecule has 0 saturated heterocycles. The van der Waals surface area contributed by atoms with Crippen molar-refractivity contribution in [2.24, 2.45) is 0 Å². The first-order valence-corrected chi connectivity index (χ1v) is 12.2. The van der Waals surface area contributed by atoms with Gasteiger partial charge < -0.3 is 9.47 Å². The topological polar surface area (TPSA) is 8.17 Å². The monoisotopic (exact) mass is 450 g/mol. The Bertz CT molecular complexity index is 1710. The van der Waals surface area contributed by atoms with Crippen molar-refractivity contribution < 1.29 is 0 Å². The first-order valence-electron chi connectivity index (χ1n) is 12.2. The number of hydrogen-bond acceptors (Lipinski definition) is 1. The van der Waals surface area contributed by atoms with E-state index in [2.05, 4.69) is 145 Å². The number of hydrogen-bond donors (Lipinski definition) is 0. The summed E-state index contributed by atoms with van der Waals surface area (Å²) in [6, 6.07) is 43.8. The number of nitrogens with zero attached hydrogens (tertiary/aromatic N) is 2. The highest BCUT2D eigenvalue weighted by Crippen LogP contribution is 2.55. The van der Waals surface area contributed by atoms with Crippen LogP contribution in [-0.2, 0) is 5.41 Å². The first kappa shape index (κ1) is 20.1. The number of fused-ring (bicyclic) bond motifs is 6. The fourth-order valence-electron chi connectivity index (χ4n) is 6.04. The minimum Gasteiger partial charge on any atom is -0.310 e. The molecule has 1 aromatic heterocycles. The second-order valence-electron chi connectivity index (χ2n) is 9.86. The van der Waals surface area contributed by atoms with Gasteiger partial charge in [0.1, 0.15) is 0 Å². The third-order valence-electron chi connectivity index (χ3n) is 7.53. The van der Waals surface area contributed by atoms with Gasteiger partial charge in [-0.3, -0.25) is 0 Å². The van der Waals surface area contributed by atoms with Crippen LogP contribution in [0.5, 0.6) is 0 Å². The van der Waals surface area contributed by atoms with Crippen LogP contribution >= 0.6 is 0 Å². The smallest absolute Gasteiger partial charge is 0.0545 e. The van der Waals surface area contributed by atoms with E-state index in [0.717, 1.165) is 0 Å². The Hall–Kier alpha value is -4.30. The molecule has 0 bridgehead atoms. The van der Waals surface area contributed by atoms with Crippen molar-refractivity contribution in [1.82, 2.24) is 4.57 Å². The molecule has 0 unspecified atom stereocenters. The summed E-state index contributed by atoms with van der Waals surface area (Å²) >= 11 is 0. The molecule has 0 radical (unpaired) electrons. The van der Waals surface area contributed by atoms with Gasteiger partial charge in [0, 0.05) is 27.6 Å². The number of para-hydroxylation sites is 4. The number of aromatic nitrogens is 1. The Balaban J connectivity index is 1.66. The van der Waals surface area contributed by atoms with E-state index in [-0.39, 0.29) is 5.41 Å². The van der Waals surface area contributed by atoms with Crippen molar-refractivity contribution in [2.45, 2.75) is 19.3 Å². The second-order valence-corrected chi connectivity index (χ2v) is 9.86. The number of benzene rings is 5. The first-order chi connectivity index (χ1) is 17.2. The lowest BCUT2D eigenvalue weighted by Crippen LogP contribution is -2.30. The average molecular weight is 451 g/mol. The van der Waals surface area contributed by atoms with Crippen LogP contribution in [0.4, 0.5) is 17.1 Å². The molecular formula is C33H26N2. The molecule has 1 aliphatic heterocycles. The van der Waals surface area contributed by atoms with Crippen LogP contribution in [0.25, 0.3) is 27.5 Å². The average Bonchev–Trinajstić information content (AvgIpc) is 3.24. The van der Waals surface area contributed by atoms with E-state index >= 15 is 0 Å². The Kier molecular flexibility index (Phi) is 4.22. The van der Waals surface area contributed by atoms with E-state index in [1.54, 1.807) is 0 Å². The zero-order chi connectivity index (χ0) is 23.6. The molecule has 168 valence electrons. The summed E-state index contributed by atoms with van der Waals surface area (Å²) in [5.74, 6) is 0. The van der Waals surface area contributed by atoms with Gasteiger partial charge in [-0.1, -0.05) is 86.6 Å². The van der Waals surface area contributed by atoms with Gasteiger partial charge in [0.2, 0.25) is 0 Å². The van der Waals surface area contributed by atoms with Crippen LogP contribution in [0.15, 0.2) is 121 Å². The van der Waals surface area contributed by atoms with Gasteiger partial charge in [0.15, 0.2) is 0 Å². The predicted molar refractivity (Wildman–Crippen MR) is 148 cm³/mol. The zero-order valence-corrected chi connectivity index (χ0v) is 19.9. The van der Waals surface area contributed by atoms with E-state index in [9.17, 15) is 0 Å². The van der Waals surface area contributed by atoms with Crippen molar-refractivity contribution in [2.75, 3.05) is 4.90 Å². The van der Waals surface area contributed by atoms with E-state index in [1.165, 1.54) is 55.7 Å². The van der Waals surface area contributed by atoms with E-state index in [4.69, 9.17) is 0 Å². The molecule has 2 nitrogen and oxygen atoms in total. The number of anilines is 3. The maximum atomic E-state index is 2.43.